The van der Waals surface area contributed by atoms with Gasteiger partial charge in [0, 0.05) is 22.9 Å². The van der Waals surface area contributed by atoms with Crippen molar-refractivity contribution in [1.29, 1.82) is 0 Å². The van der Waals surface area contributed by atoms with Gasteiger partial charge in [0.2, 0.25) is 10.0 Å². The van der Waals surface area contributed by atoms with Crippen LogP contribution in [-0.4, -0.2) is 19.4 Å². The van der Waals surface area contributed by atoms with Crippen molar-refractivity contribution in [2.75, 3.05) is 0 Å². The normalized spacial score (nSPS) is 13.8. The molecular weight excluding hydrogens is 316 g/mol. The first-order chi connectivity index (χ1) is 8.40. The van der Waals surface area contributed by atoms with E-state index in [1.807, 2.05) is 6.92 Å². The zero-order chi connectivity index (χ0) is 13.8. The number of halogens is 1. The van der Waals surface area contributed by atoms with Crippen LogP contribution in [0.5, 0.6) is 0 Å². The zero-order valence-electron chi connectivity index (χ0n) is 10.9. The van der Waals surface area contributed by atoms with Gasteiger partial charge in [-0.05, 0) is 34.8 Å². The summed E-state index contributed by atoms with van der Waals surface area (Å²) in [7, 11) is -3.49. The van der Waals surface area contributed by atoms with E-state index in [-0.39, 0.29) is 10.9 Å². The molecule has 0 aliphatic carbocycles. The van der Waals surface area contributed by atoms with E-state index in [1.165, 1.54) is 6.20 Å². The van der Waals surface area contributed by atoms with Crippen LogP contribution < -0.4 is 4.72 Å². The zero-order valence-corrected chi connectivity index (χ0v) is 13.3. The lowest BCUT2D eigenvalue weighted by Gasteiger charge is -2.22. The lowest BCUT2D eigenvalue weighted by atomic mass is 9.96. The third-order valence-corrected chi connectivity index (χ3v) is 5.05. The maximum absolute atomic E-state index is 12.2. The molecule has 0 spiro atoms. The first kappa shape index (κ1) is 15.6. The fourth-order valence-electron chi connectivity index (χ4n) is 1.94. The van der Waals surface area contributed by atoms with Crippen LogP contribution in [0, 0.1) is 5.92 Å². The van der Waals surface area contributed by atoms with Gasteiger partial charge in [0.25, 0.3) is 0 Å². The van der Waals surface area contributed by atoms with Crippen LogP contribution in [0.4, 0.5) is 0 Å². The molecule has 1 aromatic rings. The minimum atomic E-state index is -3.49. The Balaban J connectivity index is 2.89. The van der Waals surface area contributed by atoms with Gasteiger partial charge in [-0.25, -0.2) is 13.1 Å². The second-order valence-electron chi connectivity index (χ2n) is 4.33. The lowest BCUT2D eigenvalue weighted by Crippen LogP contribution is -2.37. The molecule has 0 bridgehead atoms. The van der Waals surface area contributed by atoms with Crippen molar-refractivity contribution >= 4 is 26.0 Å². The quantitative estimate of drug-likeness (QED) is 0.869. The molecule has 1 N–H and O–H groups in total. The number of pyridine rings is 1. The molecule has 1 rings (SSSR count). The van der Waals surface area contributed by atoms with Crippen LogP contribution >= 0.6 is 15.9 Å². The molecule has 0 aromatic carbocycles. The molecule has 0 amide bonds. The Hall–Kier alpha value is -0.460. The van der Waals surface area contributed by atoms with E-state index in [9.17, 15) is 8.42 Å². The Morgan fingerprint density at radius 1 is 1.33 bits per heavy atom. The molecule has 6 heteroatoms. The molecule has 18 heavy (non-hydrogen) atoms. The molecule has 0 fully saturated rings. The van der Waals surface area contributed by atoms with Crippen molar-refractivity contribution in [3.8, 4) is 0 Å². The largest absolute Gasteiger partial charge is 0.262 e. The van der Waals surface area contributed by atoms with E-state index in [0.717, 1.165) is 12.8 Å². The van der Waals surface area contributed by atoms with E-state index < -0.39 is 10.0 Å². The van der Waals surface area contributed by atoms with Gasteiger partial charge in [-0.1, -0.05) is 26.7 Å². The van der Waals surface area contributed by atoms with Crippen molar-refractivity contribution < 1.29 is 8.42 Å². The predicted molar refractivity (Wildman–Crippen MR) is 75.8 cm³/mol. The minimum Gasteiger partial charge on any atom is -0.262 e. The van der Waals surface area contributed by atoms with Crippen LogP contribution in [0.3, 0.4) is 0 Å². The molecule has 1 aromatic heterocycles. The average molecular weight is 335 g/mol. The number of nitrogens with one attached hydrogen (secondary N) is 1. The summed E-state index contributed by atoms with van der Waals surface area (Å²) in [5.74, 6) is 0.347. The van der Waals surface area contributed by atoms with Crippen molar-refractivity contribution in [2.45, 2.75) is 44.6 Å². The number of sulfonamides is 1. The monoisotopic (exact) mass is 334 g/mol. The van der Waals surface area contributed by atoms with Gasteiger partial charge in [0.1, 0.15) is 4.90 Å². The van der Waals surface area contributed by atoms with Gasteiger partial charge in [-0.15, -0.1) is 0 Å². The number of rotatable bonds is 6. The second kappa shape index (κ2) is 6.63. The molecule has 1 heterocycles. The summed E-state index contributed by atoms with van der Waals surface area (Å²) in [6.45, 7) is 6.04. The first-order valence-electron chi connectivity index (χ1n) is 6.03. The van der Waals surface area contributed by atoms with Crippen LogP contribution in [0.1, 0.15) is 33.6 Å². The fourth-order valence-corrected chi connectivity index (χ4v) is 3.76. The maximum Gasteiger partial charge on any atom is 0.242 e. The van der Waals surface area contributed by atoms with E-state index in [2.05, 4.69) is 39.5 Å². The predicted octanol–water partition coefficient (Wildman–Crippen LogP) is 2.95. The summed E-state index contributed by atoms with van der Waals surface area (Å²) in [5.41, 5.74) is 0. The van der Waals surface area contributed by atoms with Crippen LogP contribution in [-0.2, 0) is 10.0 Å². The highest BCUT2D eigenvalue weighted by Gasteiger charge is 2.22. The van der Waals surface area contributed by atoms with Gasteiger partial charge in [0.05, 0.1) is 0 Å². The third kappa shape index (κ3) is 4.03. The van der Waals surface area contributed by atoms with Crippen molar-refractivity contribution in [1.82, 2.24) is 9.71 Å². The highest BCUT2D eigenvalue weighted by Crippen LogP contribution is 2.18. The third-order valence-electron chi connectivity index (χ3n) is 3.09. The molecule has 4 nitrogen and oxygen atoms in total. The molecule has 102 valence electrons. The van der Waals surface area contributed by atoms with Gasteiger partial charge in [0.15, 0.2) is 0 Å². The number of hydrogen-bond acceptors (Lipinski definition) is 3. The SMILES string of the molecule is CCC(CC)C(C)NS(=O)(=O)c1cncc(Br)c1. The highest BCUT2D eigenvalue weighted by atomic mass is 79.9. The van der Waals surface area contributed by atoms with Crippen molar-refractivity contribution in [3.05, 3.63) is 22.9 Å². The molecule has 0 saturated carbocycles. The smallest absolute Gasteiger partial charge is 0.242 e. The number of hydrogen-bond donors (Lipinski definition) is 1. The van der Waals surface area contributed by atoms with Crippen molar-refractivity contribution in [3.63, 3.8) is 0 Å². The molecule has 1 atom stereocenters. The summed E-state index contributed by atoms with van der Waals surface area (Å²) in [5, 5.41) is 0. The summed E-state index contributed by atoms with van der Waals surface area (Å²) in [6, 6.07) is 1.47. The summed E-state index contributed by atoms with van der Waals surface area (Å²) in [4.78, 5) is 4.07. The van der Waals surface area contributed by atoms with Crippen LogP contribution in [0.25, 0.3) is 0 Å². The standard InChI is InChI=1S/C12H19BrN2O2S/c1-4-10(5-2)9(3)15-18(16,17)12-6-11(13)7-14-8-12/h6-10,15H,4-5H2,1-3H3. The fraction of sp³-hybridized carbons (Fsp3) is 0.583. The number of aromatic nitrogens is 1. The summed E-state index contributed by atoms with van der Waals surface area (Å²) < 4.78 is 27.7. The van der Waals surface area contributed by atoms with Crippen molar-refractivity contribution in [2.24, 2.45) is 5.92 Å². The van der Waals surface area contributed by atoms with Gasteiger partial charge < -0.3 is 0 Å². The Bertz CT molecular complexity index is 487. The lowest BCUT2D eigenvalue weighted by molar-refractivity contribution is 0.390. The highest BCUT2D eigenvalue weighted by molar-refractivity contribution is 9.10. The van der Waals surface area contributed by atoms with Gasteiger partial charge in [-0.2, -0.15) is 0 Å². The average Bonchev–Trinajstić information content (AvgIpc) is 2.30. The maximum atomic E-state index is 12.2. The Morgan fingerprint density at radius 2 is 1.94 bits per heavy atom. The van der Waals surface area contributed by atoms with E-state index in [1.54, 1.807) is 12.3 Å². The summed E-state index contributed by atoms with van der Waals surface area (Å²) in [6.07, 6.45) is 4.82. The molecule has 0 aliphatic heterocycles. The van der Waals surface area contributed by atoms with Crippen LogP contribution in [0.15, 0.2) is 27.8 Å². The molecule has 0 saturated heterocycles. The molecular formula is C12H19BrN2O2S. The van der Waals surface area contributed by atoms with Gasteiger partial charge in [-0.3, -0.25) is 4.98 Å². The van der Waals surface area contributed by atoms with E-state index in [0.29, 0.717) is 10.4 Å². The van der Waals surface area contributed by atoms with Gasteiger partial charge >= 0.3 is 0 Å². The molecule has 0 aliphatic rings. The van der Waals surface area contributed by atoms with Crippen LogP contribution in [0.2, 0.25) is 0 Å². The van der Waals surface area contributed by atoms with E-state index in [4.69, 9.17) is 0 Å². The second-order valence-corrected chi connectivity index (χ2v) is 6.96. The minimum absolute atomic E-state index is 0.0796. The first-order valence-corrected chi connectivity index (χ1v) is 8.31. The Morgan fingerprint density at radius 3 is 2.44 bits per heavy atom. The number of nitrogens with zero attached hydrogens (tertiary/aromatic N) is 1. The van der Waals surface area contributed by atoms with E-state index >= 15 is 0 Å². The Kier molecular flexibility index (Phi) is 5.75. The molecule has 0 radical (unpaired) electrons. The molecule has 1 unspecified atom stereocenters. The summed E-state index contributed by atoms with van der Waals surface area (Å²) >= 11 is 3.22. The Labute approximate surface area is 117 Å². The topological polar surface area (TPSA) is 59.1 Å².